The van der Waals surface area contributed by atoms with Crippen LogP contribution in [-0.4, -0.2) is 83.7 Å². The number of carbonyl (C=O) groups is 1. The Morgan fingerprint density at radius 1 is 1.24 bits per heavy atom. The first-order chi connectivity index (χ1) is 14.2. The van der Waals surface area contributed by atoms with Crippen LogP contribution >= 0.6 is 23.1 Å². The van der Waals surface area contributed by atoms with Gasteiger partial charge in [0, 0.05) is 51.1 Å². The number of nitrogens with zero attached hydrogens (tertiary/aromatic N) is 5. The van der Waals surface area contributed by atoms with Crippen LogP contribution in [0, 0.1) is 11.3 Å². The molecule has 1 amide bonds. The molecule has 1 aromatic heterocycles. The number of piperazine rings is 1. The third-order valence-electron chi connectivity index (χ3n) is 6.08. The second kappa shape index (κ2) is 8.11. The van der Waals surface area contributed by atoms with E-state index in [9.17, 15) is 4.79 Å². The average molecular weight is 429 g/mol. The molecule has 0 spiro atoms. The highest BCUT2D eigenvalue weighted by molar-refractivity contribution is 7.99. The van der Waals surface area contributed by atoms with Gasteiger partial charge < -0.3 is 15.1 Å². The Bertz CT molecular complexity index is 942. The molecule has 9 heteroatoms. The third-order valence-corrected chi connectivity index (χ3v) is 8.12. The van der Waals surface area contributed by atoms with E-state index in [-0.39, 0.29) is 11.9 Å². The van der Waals surface area contributed by atoms with E-state index in [2.05, 4.69) is 21.2 Å². The molecule has 2 aromatic rings. The second-order valence-electron chi connectivity index (χ2n) is 7.80. The fourth-order valence-electron chi connectivity index (χ4n) is 4.39. The van der Waals surface area contributed by atoms with Crippen LogP contribution < -0.4 is 10.2 Å². The predicted octanol–water partition coefficient (Wildman–Crippen LogP) is 1.55. The van der Waals surface area contributed by atoms with Crippen molar-refractivity contribution in [2.45, 2.75) is 18.5 Å². The first kappa shape index (κ1) is 19.1. The SMILES string of the molecule is N#Cc1ccc2nc(N3CCN([C@@H]4CN[C@H](C(=O)N5CCSC5)C4)CC3)sc2c1. The molecule has 5 rings (SSSR count). The van der Waals surface area contributed by atoms with Gasteiger partial charge in [0.1, 0.15) is 0 Å². The molecule has 0 unspecified atom stereocenters. The number of anilines is 1. The molecule has 0 aliphatic carbocycles. The molecule has 1 N–H and O–H groups in total. The summed E-state index contributed by atoms with van der Waals surface area (Å²) in [4.78, 5) is 24.3. The van der Waals surface area contributed by atoms with Gasteiger partial charge in [-0.05, 0) is 24.6 Å². The summed E-state index contributed by atoms with van der Waals surface area (Å²) in [5.41, 5.74) is 1.65. The zero-order valence-electron chi connectivity index (χ0n) is 16.2. The summed E-state index contributed by atoms with van der Waals surface area (Å²) in [6, 6.07) is 8.31. The second-order valence-corrected chi connectivity index (χ2v) is 9.89. The van der Waals surface area contributed by atoms with E-state index in [1.807, 2.05) is 34.9 Å². The molecule has 0 saturated carbocycles. The number of amides is 1. The smallest absolute Gasteiger partial charge is 0.240 e. The van der Waals surface area contributed by atoms with Crippen molar-refractivity contribution in [1.29, 1.82) is 5.26 Å². The number of thioether (sulfide) groups is 1. The predicted molar refractivity (Wildman–Crippen MR) is 117 cm³/mol. The minimum Gasteiger partial charge on any atom is -0.345 e. The number of thiazole rings is 1. The van der Waals surface area contributed by atoms with Crippen molar-refractivity contribution in [3.63, 3.8) is 0 Å². The third kappa shape index (κ3) is 3.82. The minimum absolute atomic E-state index is 0.0182. The van der Waals surface area contributed by atoms with Gasteiger partial charge in [-0.3, -0.25) is 9.69 Å². The number of rotatable bonds is 3. The monoisotopic (exact) mass is 428 g/mol. The number of nitrogens with one attached hydrogen (secondary N) is 1. The van der Waals surface area contributed by atoms with E-state index in [0.717, 1.165) is 72.7 Å². The molecule has 1 aromatic carbocycles. The maximum absolute atomic E-state index is 12.6. The number of nitriles is 1. The van der Waals surface area contributed by atoms with Crippen LogP contribution in [0.3, 0.4) is 0 Å². The largest absolute Gasteiger partial charge is 0.345 e. The maximum atomic E-state index is 12.6. The molecule has 7 nitrogen and oxygen atoms in total. The van der Waals surface area contributed by atoms with Crippen molar-refractivity contribution in [2.75, 3.05) is 55.8 Å². The quantitative estimate of drug-likeness (QED) is 0.795. The summed E-state index contributed by atoms with van der Waals surface area (Å²) in [5.74, 6) is 2.19. The zero-order chi connectivity index (χ0) is 19.8. The summed E-state index contributed by atoms with van der Waals surface area (Å²) in [5, 5.41) is 13.6. The lowest BCUT2D eigenvalue weighted by molar-refractivity contribution is -0.131. The van der Waals surface area contributed by atoms with Crippen molar-refractivity contribution in [1.82, 2.24) is 20.1 Å². The number of fused-ring (bicyclic) bond motifs is 1. The number of hydrogen-bond donors (Lipinski definition) is 1. The molecule has 4 heterocycles. The van der Waals surface area contributed by atoms with Gasteiger partial charge in [-0.1, -0.05) is 11.3 Å². The molecule has 3 fully saturated rings. The molecular formula is C20H24N6OS2. The summed E-state index contributed by atoms with van der Waals surface area (Å²) in [6.45, 7) is 5.67. The van der Waals surface area contributed by atoms with Crippen LogP contribution in [0.25, 0.3) is 10.2 Å². The molecule has 0 bridgehead atoms. The normalized spacial score (nSPS) is 25.6. The van der Waals surface area contributed by atoms with E-state index in [1.54, 1.807) is 11.3 Å². The number of carbonyl (C=O) groups excluding carboxylic acids is 1. The summed E-state index contributed by atoms with van der Waals surface area (Å²) < 4.78 is 1.07. The van der Waals surface area contributed by atoms with Gasteiger partial charge in [-0.25, -0.2) is 4.98 Å². The molecule has 3 saturated heterocycles. The lowest BCUT2D eigenvalue weighted by Crippen LogP contribution is -2.51. The number of hydrogen-bond acceptors (Lipinski definition) is 8. The van der Waals surface area contributed by atoms with Gasteiger partial charge in [-0.2, -0.15) is 5.26 Å². The summed E-state index contributed by atoms with van der Waals surface area (Å²) in [6.07, 6.45) is 0.915. The summed E-state index contributed by atoms with van der Waals surface area (Å²) >= 11 is 3.51. The Kier molecular flexibility index (Phi) is 5.35. The average Bonchev–Trinajstić information content (AvgIpc) is 3.53. The van der Waals surface area contributed by atoms with E-state index >= 15 is 0 Å². The standard InChI is InChI=1S/C20H24N6OS2/c21-11-14-1-2-16-18(9-14)29-20(23-16)25-5-3-24(4-6-25)15-10-17(22-12-15)19(27)26-7-8-28-13-26/h1-2,9,15,17,22H,3-8,10,12-13H2/t15-,17-/m0/s1. The Labute approximate surface area is 178 Å². The number of benzene rings is 1. The van der Waals surface area contributed by atoms with E-state index < -0.39 is 0 Å². The first-order valence-corrected chi connectivity index (χ1v) is 12.1. The topological polar surface area (TPSA) is 75.5 Å². The Hall–Kier alpha value is -1.86. The van der Waals surface area contributed by atoms with Gasteiger partial charge >= 0.3 is 0 Å². The molecule has 29 heavy (non-hydrogen) atoms. The molecule has 3 aliphatic rings. The van der Waals surface area contributed by atoms with Crippen molar-refractivity contribution in [2.24, 2.45) is 0 Å². The Morgan fingerprint density at radius 3 is 2.86 bits per heavy atom. The van der Waals surface area contributed by atoms with Crippen LogP contribution in [-0.2, 0) is 4.79 Å². The van der Waals surface area contributed by atoms with Gasteiger partial charge in [0.2, 0.25) is 5.91 Å². The van der Waals surface area contributed by atoms with Crippen LogP contribution in [0.4, 0.5) is 5.13 Å². The van der Waals surface area contributed by atoms with Crippen LogP contribution in [0.15, 0.2) is 18.2 Å². The highest BCUT2D eigenvalue weighted by Gasteiger charge is 2.36. The van der Waals surface area contributed by atoms with Crippen molar-refractivity contribution >= 4 is 44.4 Å². The summed E-state index contributed by atoms with van der Waals surface area (Å²) in [7, 11) is 0. The fourth-order valence-corrected chi connectivity index (χ4v) is 6.40. The van der Waals surface area contributed by atoms with E-state index in [1.165, 1.54) is 0 Å². The highest BCUT2D eigenvalue weighted by Crippen LogP contribution is 2.30. The van der Waals surface area contributed by atoms with Gasteiger partial charge in [-0.15, -0.1) is 11.8 Å². The molecule has 2 atom stereocenters. The van der Waals surface area contributed by atoms with Gasteiger partial charge in [0.05, 0.1) is 33.8 Å². The lowest BCUT2D eigenvalue weighted by atomic mass is 10.1. The van der Waals surface area contributed by atoms with Crippen LogP contribution in [0.2, 0.25) is 0 Å². The van der Waals surface area contributed by atoms with E-state index in [4.69, 9.17) is 10.2 Å². The molecule has 0 radical (unpaired) electrons. The lowest BCUT2D eigenvalue weighted by Gasteiger charge is -2.37. The van der Waals surface area contributed by atoms with Crippen molar-refractivity contribution in [3.8, 4) is 6.07 Å². The molecule has 152 valence electrons. The van der Waals surface area contributed by atoms with Crippen molar-refractivity contribution < 1.29 is 4.79 Å². The number of aromatic nitrogens is 1. The van der Waals surface area contributed by atoms with Crippen molar-refractivity contribution in [3.05, 3.63) is 23.8 Å². The fraction of sp³-hybridized carbons (Fsp3) is 0.550. The molecular weight excluding hydrogens is 404 g/mol. The molecule has 3 aliphatic heterocycles. The Balaban J connectivity index is 1.18. The maximum Gasteiger partial charge on any atom is 0.240 e. The highest BCUT2D eigenvalue weighted by atomic mass is 32.2. The Morgan fingerprint density at radius 2 is 2.10 bits per heavy atom. The van der Waals surface area contributed by atoms with Crippen LogP contribution in [0.5, 0.6) is 0 Å². The zero-order valence-corrected chi connectivity index (χ0v) is 17.8. The van der Waals surface area contributed by atoms with Gasteiger partial charge in [0.25, 0.3) is 0 Å². The van der Waals surface area contributed by atoms with E-state index in [0.29, 0.717) is 11.6 Å². The van der Waals surface area contributed by atoms with Gasteiger partial charge in [0.15, 0.2) is 5.13 Å². The first-order valence-electron chi connectivity index (χ1n) is 10.1. The minimum atomic E-state index is -0.0182. The van der Waals surface area contributed by atoms with Crippen LogP contribution in [0.1, 0.15) is 12.0 Å².